The molecule has 1 aromatic carbocycles. The summed E-state index contributed by atoms with van der Waals surface area (Å²) in [6.45, 7) is 4.95. The number of ether oxygens (including phenoxy) is 1. The first-order chi connectivity index (χ1) is 15.3. The molecule has 0 bridgehead atoms. The lowest BCUT2D eigenvalue weighted by Gasteiger charge is -2.21. The second kappa shape index (κ2) is 9.64. The standard InChI is InChI=1S/C23H27N3O4S2/c1-23(2,29-3)8-10-31-22-25-18-7-6-16(12-19(18)32-22)24-21(28)15-11-20(27)26(13-15)14-17-5-4-9-30-17/h4-7,9,12,15H,8,10-11,13-14H2,1-3H3,(H,24,28). The van der Waals surface area contributed by atoms with Crippen LogP contribution in [0.2, 0.25) is 0 Å². The van der Waals surface area contributed by atoms with Crippen molar-refractivity contribution < 1.29 is 18.7 Å². The maximum Gasteiger partial charge on any atom is 0.229 e. The molecule has 2 amide bonds. The van der Waals surface area contributed by atoms with E-state index in [9.17, 15) is 9.59 Å². The number of amides is 2. The molecule has 0 radical (unpaired) electrons. The SMILES string of the molecule is COC(C)(C)CCSc1nc2ccc(NC(=O)C3CC(=O)N(Cc4ccco4)C3)cc2s1. The number of hydrogen-bond acceptors (Lipinski definition) is 7. The van der Waals surface area contributed by atoms with E-state index in [1.54, 1.807) is 47.4 Å². The highest BCUT2D eigenvalue weighted by atomic mass is 32.2. The highest BCUT2D eigenvalue weighted by Gasteiger charge is 2.34. The van der Waals surface area contributed by atoms with E-state index < -0.39 is 0 Å². The zero-order valence-corrected chi connectivity index (χ0v) is 20.1. The number of furan rings is 1. The number of fused-ring (bicyclic) bond motifs is 1. The first-order valence-electron chi connectivity index (χ1n) is 10.5. The molecular weight excluding hydrogens is 446 g/mol. The van der Waals surface area contributed by atoms with E-state index in [1.165, 1.54) is 0 Å². The van der Waals surface area contributed by atoms with Gasteiger partial charge >= 0.3 is 0 Å². The molecule has 2 aromatic heterocycles. The van der Waals surface area contributed by atoms with Gasteiger partial charge in [-0.2, -0.15) is 0 Å². The quantitative estimate of drug-likeness (QED) is 0.450. The highest BCUT2D eigenvalue weighted by molar-refractivity contribution is 8.01. The zero-order chi connectivity index (χ0) is 22.7. The number of thioether (sulfide) groups is 1. The second-order valence-corrected chi connectivity index (χ2v) is 10.8. The molecule has 32 heavy (non-hydrogen) atoms. The molecule has 1 N–H and O–H groups in total. The summed E-state index contributed by atoms with van der Waals surface area (Å²) < 4.78 is 12.8. The summed E-state index contributed by atoms with van der Waals surface area (Å²) in [4.78, 5) is 31.4. The topological polar surface area (TPSA) is 84.7 Å². The van der Waals surface area contributed by atoms with Gasteiger partial charge < -0.3 is 19.4 Å². The average molecular weight is 474 g/mol. The maximum atomic E-state index is 12.8. The van der Waals surface area contributed by atoms with Crippen LogP contribution in [0.25, 0.3) is 10.2 Å². The number of benzene rings is 1. The van der Waals surface area contributed by atoms with Crippen LogP contribution in [0.3, 0.4) is 0 Å². The fraction of sp³-hybridized carbons (Fsp3) is 0.435. The number of carbonyl (C=O) groups is 2. The monoisotopic (exact) mass is 473 g/mol. The van der Waals surface area contributed by atoms with Gasteiger partial charge in [0.2, 0.25) is 11.8 Å². The van der Waals surface area contributed by atoms with Gasteiger partial charge in [0.1, 0.15) is 5.76 Å². The molecule has 1 saturated heterocycles. The Kier molecular flexibility index (Phi) is 6.88. The summed E-state index contributed by atoms with van der Waals surface area (Å²) in [5, 5.41) is 2.97. The van der Waals surface area contributed by atoms with E-state index in [0.717, 1.165) is 38.2 Å². The molecule has 1 atom stereocenters. The van der Waals surface area contributed by atoms with Crippen molar-refractivity contribution in [3.05, 3.63) is 42.4 Å². The molecule has 1 fully saturated rings. The first-order valence-corrected chi connectivity index (χ1v) is 12.3. The minimum absolute atomic E-state index is 0.0298. The van der Waals surface area contributed by atoms with Crippen LogP contribution in [0.4, 0.5) is 5.69 Å². The number of thiazole rings is 1. The molecule has 9 heteroatoms. The molecule has 0 aliphatic carbocycles. The van der Waals surface area contributed by atoms with Crippen molar-refractivity contribution in [1.82, 2.24) is 9.88 Å². The summed E-state index contributed by atoms with van der Waals surface area (Å²) in [5.74, 6) is 1.10. The molecular formula is C23H27N3O4S2. The maximum absolute atomic E-state index is 12.8. The van der Waals surface area contributed by atoms with Gasteiger partial charge in [0.15, 0.2) is 4.34 Å². The number of rotatable bonds is 9. The fourth-order valence-corrected chi connectivity index (χ4v) is 5.89. The van der Waals surface area contributed by atoms with Gasteiger partial charge in [0.05, 0.1) is 34.5 Å². The molecule has 1 unspecified atom stereocenters. The van der Waals surface area contributed by atoms with Gasteiger partial charge in [-0.05, 0) is 50.6 Å². The third-order valence-corrected chi connectivity index (χ3v) is 7.79. The Hall–Kier alpha value is -2.36. The molecule has 4 rings (SSSR count). The van der Waals surface area contributed by atoms with Gasteiger partial charge in [0, 0.05) is 31.5 Å². The lowest BCUT2D eigenvalue weighted by atomic mass is 10.1. The Morgan fingerprint density at radius 1 is 1.41 bits per heavy atom. The summed E-state index contributed by atoms with van der Waals surface area (Å²) in [5.41, 5.74) is 1.50. The number of nitrogens with zero attached hydrogens (tertiary/aromatic N) is 2. The zero-order valence-electron chi connectivity index (χ0n) is 18.4. The van der Waals surface area contributed by atoms with E-state index >= 15 is 0 Å². The Morgan fingerprint density at radius 3 is 3.00 bits per heavy atom. The van der Waals surface area contributed by atoms with Crippen LogP contribution >= 0.6 is 23.1 Å². The average Bonchev–Trinajstić information content (AvgIpc) is 3.48. The van der Waals surface area contributed by atoms with Crippen molar-refractivity contribution in [3.8, 4) is 0 Å². The largest absolute Gasteiger partial charge is 0.467 e. The smallest absolute Gasteiger partial charge is 0.229 e. The molecule has 1 aliphatic rings. The number of carbonyl (C=O) groups excluding carboxylic acids is 2. The van der Waals surface area contributed by atoms with Crippen LogP contribution in [0.5, 0.6) is 0 Å². The Balaban J connectivity index is 1.34. The van der Waals surface area contributed by atoms with Gasteiger partial charge in [-0.3, -0.25) is 9.59 Å². The van der Waals surface area contributed by atoms with E-state index in [4.69, 9.17) is 9.15 Å². The predicted molar refractivity (Wildman–Crippen MR) is 127 cm³/mol. The molecule has 0 saturated carbocycles. The second-order valence-electron chi connectivity index (χ2n) is 8.47. The summed E-state index contributed by atoms with van der Waals surface area (Å²) in [7, 11) is 1.73. The minimum atomic E-state index is -0.370. The number of anilines is 1. The number of hydrogen-bond donors (Lipinski definition) is 1. The van der Waals surface area contributed by atoms with Crippen LogP contribution in [-0.4, -0.2) is 46.7 Å². The molecule has 1 aliphatic heterocycles. The fourth-order valence-electron chi connectivity index (χ4n) is 3.46. The predicted octanol–water partition coefficient (Wildman–Crippen LogP) is 4.78. The van der Waals surface area contributed by atoms with Crippen LogP contribution in [0, 0.1) is 5.92 Å². The van der Waals surface area contributed by atoms with Crippen LogP contribution < -0.4 is 5.32 Å². The third kappa shape index (κ3) is 5.51. The van der Waals surface area contributed by atoms with Crippen LogP contribution in [0.1, 0.15) is 32.4 Å². The Bertz CT molecular complexity index is 1090. The molecule has 170 valence electrons. The van der Waals surface area contributed by atoms with Crippen LogP contribution in [-0.2, 0) is 20.9 Å². The minimum Gasteiger partial charge on any atom is -0.467 e. The lowest BCUT2D eigenvalue weighted by Crippen LogP contribution is -2.27. The Labute approximate surface area is 195 Å². The lowest BCUT2D eigenvalue weighted by molar-refractivity contribution is -0.128. The number of likely N-dealkylation sites (tertiary alicyclic amines) is 1. The number of nitrogens with one attached hydrogen (secondary N) is 1. The third-order valence-electron chi connectivity index (χ3n) is 5.63. The highest BCUT2D eigenvalue weighted by Crippen LogP contribution is 2.33. The number of methoxy groups -OCH3 is 1. The van der Waals surface area contributed by atoms with Gasteiger partial charge in [-0.1, -0.05) is 11.8 Å². The Morgan fingerprint density at radius 2 is 2.25 bits per heavy atom. The molecule has 7 nitrogen and oxygen atoms in total. The van der Waals surface area contributed by atoms with E-state index in [2.05, 4.69) is 24.1 Å². The van der Waals surface area contributed by atoms with E-state index in [1.807, 2.05) is 24.3 Å². The van der Waals surface area contributed by atoms with E-state index in [0.29, 0.717) is 13.1 Å². The summed E-state index contributed by atoms with van der Waals surface area (Å²) in [6, 6.07) is 9.36. The van der Waals surface area contributed by atoms with Crippen molar-refractivity contribution in [2.24, 2.45) is 5.92 Å². The van der Waals surface area contributed by atoms with Gasteiger partial charge in [-0.15, -0.1) is 11.3 Å². The van der Waals surface area contributed by atoms with Gasteiger partial charge in [-0.25, -0.2) is 4.98 Å². The number of aromatic nitrogens is 1. The molecule has 0 spiro atoms. The summed E-state index contributed by atoms with van der Waals surface area (Å²) >= 11 is 3.34. The van der Waals surface area contributed by atoms with Gasteiger partial charge in [0.25, 0.3) is 0 Å². The summed E-state index contributed by atoms with van der Waals surface area (Å²) in [6.07, 6.45) is 2.73. The van der Waals surface area contributed by atoms with Crippen molar-refractivity contribution in [3.63, 3.8) is 0 Å². The van der Waals surface area contributed by atoms with Crippen molar-refractivity contribution in [2.75, 3.05) is 24.7 Å². The first kappa shape index (κ1) is 22.8. The normalized spacial score (nSPS) is 16.8. The van der Waals surface area contributed by atoms with Crippen LogP contribution in [0.15, 0.2) is 45.4 Å². The molecule has 3 heterocycles. The van der Waals surface area contributed by atoms with E-state index in [-0.39, 0.29) is 29.8 Å². The van der Waals surface area contributed by atoms with Crippen molar-refractivity contribution in [2.45, 2.75) is 43.2 Å². The van der Waals surface area contributed by atoms with Crippen molar-refractivity contribution in [1.29, 1.82) is 0 Å². The van der Waals surface area contributed by atoms with Crippen molar-refractivity contribution >= 4 is 50.8 Å². The molecule has 3 aromatic rings.